The van der Waals surface area contributed by atoms with Crippen molar-refractivity contribution in [2.75, 3.05) is 6.61 Å². The number of nitrogens with two attached hydrogens (primary N) is 1. The van der Waals surface area contributed by atoms with E-state index in [9.17, 15) is 13.2 Å². The van der Waals surface area contributed by atoms with E-state index in [1.807, 2.05) is 0 Å². The topological polar surface area (TPSA) is 98.5 Å². The first kappa shape index (κ1) is 15.7. The molecule has 0 aromatic heterocycles. The van der Waals surface area contributed by atoms with Crippen LogP contribution in [-0.4, -0.2) is 27.0 Å². The molecule has 0 bridgehead atoms. The highest BCUT2D eigenvalue weighted by molar-refractivity contribution is 7.89. The lowest BCUT2D eigenvalue weighted by atomic mass is 10.3. The molecule has 0 fully saturated rings. The van der Waals surface area contributed by atoms with Crippen molar-refractivity contribution < 1.29 is 17.9 Å². The van der Waals surface area contributed by atoms with Crippen molar-refractivity contribution in [3.8, 4) is 5.75 Å². The van der Waals surface area contributed by atoms with Crippen LogP contribution in [0.1, 0.15) is 13.8 Å². The van der Waals surface area contributed by atoms with Crippen molar-refractivity contribution in [3.05, 3.63) is 23.2 Å². The number of halogens is 1. The second kappa shape index (κ2) is 6.23. The number of amides is 1. The van der Waals surface area contributed by atoms with Gasteiger partial charge in [0.1, 0.15) is 10.6 Å². The molecule has 0 unspecified atom stereocenters. The van der Waals surface area contributed by atoms with E-state index in [0.717, 1.165) is 0 Å². The second-order valence-corrected chi connectivity index (χ2v) is 6.11. The molecule has 0 radical (unpaired) electrons. The smallest absolute Gasteiger partial charge is 0.258 e. The van der Waals surface area contributed by atoms with E-state index in [-0.39, 0.29) is 34.2 Å². The van der Waals surface area contributed by atoms with E-state index in [1.165, 1.54) is 18.2 Å². The van der Waals surface area contributed by atoms with E-state index in [0.29, 0.717) is 0 Å². The maximum atomic E-state index is 11.4. The Labute approximate surface area is 116 Å². The van der Waals surface area contributed by atoms with Gasteiger partial charge < -0.3 is 10.1 Å². The largest absolute Gasteiger partial charge is 0.482 e. The van der Waals surface area contributed by atoms with Gasteiger partial charge in [-0.3, -0.25) is 4.79 Å². The molecule has 0 atom stereocenters. The summed E-state index contributed by atoms with van der Waals surface area (Å²) < 4.78 is 27.9. The van der Waals surface area contributed by atoms with Gasteiger partial charge in [0, 0.05) is 11.1 Å². The Morgan fingerprint density at radius 1 is 1.47 bits per heavy atom. The summed E-state index contributed by atoms with van der Waals surface area (Å²) in [6.07, 6.45) is 0. The van der Waals surface area contributed by atoms with Crippen LogP contribution in [-0.2, 0) is 14.8 Å². The molecule has 1 aromatic rings. The second-order valence-electron chi connectivity index (χ2n) is 4.15. The maximum absolute atomic E-state index is 11.4. The van der Waals surface area contributed by atoms with E-state index < -0.39 is 10.0 Å². The Morgan fingerprint density at radius 3 is 2.63 bits per heavy atom. The summed E-state index contributed by atoms with van der Waals surface area (Å²) in [5.41, 5.74) is 0. The van der Waals surface area contributed by atoms with Gasteiger partial charge >= 0.3 is 0 Å². The molecular weight excluding hydrogens is 292 g/mol. The zero-order chi connectivity index (χ0) is 14.6. The summed E-state index contributed by atoms with van der Waals surface area (Å²) in [4.78, 5) is 11.2. The Morgan fingerprint density at radius 2 is 2.11 bits per heavy atom. The Hall–Kier alpha value is -1.31. The predicted molar refractivity (Wildman–Crippen MR) is 71.6 cm³/mol. The van der Waals surface area contributed by atoms with Crippen LogP contribution in [0.4, 0.5) is 0 Å². The van der Waals surface area contributed by atoms with Crippen molar-refractivity contribution >= 4 is 27.5 Å². The molecule has 0 saturated heterocycles. The summed E-state index contributed by atoms with van der Waals surface area (Å²) in [7, 11) is -3.97. The van der Waals surface area contributed by atoms with Crippen LogP contribution in [0.3, 0.4) is 0 Å². The van der Waals surface area contributed by atoms with E-state index in [4.69, 9.17) is 21.5 Å². The van der Waals surface area contributed by atoms with Gasteiger partial charge in [0.25, 0.3) is 5.91 Å². The van der Waals surface area contributed by atoms with E-state index in [2.05, 4.69) is 5.32 Å². The van der Waals surface area contributed by atoms with Crippen LogP contribution >= 0.6 is 11.6 Å². The molecule has 6 nitrogen and oxygen atoms in total. The molecule has 8 heteroatoms. The molecule has 0 aliphatic carbocycles. The predicted octanol–water partition coefficient (Wildman–Crippen LogP) is 0.891. The third kappa shape index (κ3) is 5.06. The molecule has 106 valence electrons. The number of ether oxygens (including phenoxy) is 1. The molecule has 1 rings (SSSR count). The highest BCUT2D eigenvalue weighted by atomic mass is 35.5. The first-order valence-electron chi connectivity index (χ1n) is 5.44. The standard InChI is InChI=1S/C11H15ClN2O4S/c1-7(2)14-11(15)6-18-9-4-3-8(12)5-10(9)19(13,16)17/h3-5,7H,6H2,1-2H3,(H,14,15)(H2,13,16,17). The lowest BCUT2D eigenvalue weighted by Crippen LogP contribution is -2.34. The molecule has 0 aliphatic rings. The number of benzene rings is 1. The minimum Gasteiger partial charge on any atom is -0.482 e. The number of carbonyl (C=O) groups is 1. The summed E-state index contributed by atoms with van der Waals surface area (Å²) in [6, 6.07) is 3.95. The van der Waals surface area contributed by atoms with Crippen molar-refractivity contribution in [1.29, 1.82) is 0 Å². The molecule has 19 heavy (non-hydrogen) atoms. The van der Waals surface area contributed by atoms with Gasteiger partial charge in [0.15, 0.2) is 6.61 Å². The summed E-state index contributed by atoms with van der Waals surface area (Å²) >= 11 is 5.70. The molecule has 0 aliphatic heterocycles. The summed E-state index contributed by atoms with van der Waals surface area (Å²) in [6.45, 7) is 3.30. The summed E-state index contributed by atoms with van der Waals surface area (Å²) in [5, 5.41) is 7.87. The van der Waals surface area contributed by atoms with Crippen LogP contribution in [0.2, 0.25) is 5.02 Å². The van der Waals surface area contributed by atoms with Crippen molar-refractivity contribution in [1.82, 2.24) is 5.32 Å². The van der Waals surface area contributed by atoms with Gasteiger partial charge in [-0.15, -0.1) is 0 Å². The first-order chi connectivity index (χ1) is 8.70. The molecule has 1 aromatic carbocycles. The zero-order valence-corrected chi connectivity index (χ0v) is 12.1. The molecule has 3 N–H and O–H groups in total. The fourth-order valence-corrected chi connectivity index (χ4v) is 2.27. The molecular formula is C11H15ClN2O4S. The SMILES string of the molecule is CC(C)NC(=O)COc1ccc(Cl)cc1S(N)(=O)=O. The number of carbonyl (C=O) groups excluding carboxylic acids is 1. The Balaban J connectivity index is 2.88. The average Bonchev–Trinajstić information content (AvgIpc) is 2.25. The minimum atomic E-state index is -3.97. The highest BCUT2D eigenvalue weighted by Crippen LogP contribution is 2.26. The molecule has 0 spiro atoms. The van der Waals surface area contributed by atoms with Gasteiger partial charge in [-0.2, -0.15) is 0 Å². The van der Waals surface area contributed by atoms with Crippen LogP contribution in [0.15, 0.2) is 23.1 Å². The van der Waals surface area contributed by atoms with E-state index >= 15 is 0 Å². The van der Waals surface area contributed by atoms with E-state index in [1.54, 1.807) is 13.8 Å². The Kier molecular flexibility index (Phi) is 5.16. The number of sulfonamides is 1. The number of hydrogen-bond donors (Lipinski definition) is 2. The highest BCUT2D eigenvalue weighted by Gasteiger charge is 2.17. The fraction of sp³-hybridized carbons (Fsp3) is 0.364. The van der Waals surface area contributed by atoms with Gasteiger partial charge in [-0.05, 0) is 32.0 Å². The lowest BCUT2D eigenvalue weighted by Gasteiger charge is -2.12. The third-order valence-corrected chi connectivity index (χ3v) is 3.19. The normalized spacial score (nSPS) is 11.4. The quantitative estimate of drug-likeness (QED) is 0.844. The number of primary sulfonamides is 1. The summed E-state index contributed by atoms with van der Waals surface area (Å²) in [5.74, 6) is -0.365. The maximum Gasteiger partial charge on any atom is 0.258 e. The number of hydrogen-bond acceptors (Lipinski definition) is 4. The molecule has 0 saturated carbocycles. The zero-order valence-electron chi connectivity index (χ0n) is 10.5. The van der Waals surface area contributed by atoms with Gasteiger partial charge in [0.05, 0.1) is 0 Å². The van der Waals surface area contributed by atoms with Crippen molar-refractivity contribution in [2.24, 2.45) is 5.14 Å². The van der Waals surface area contributed by atoms with Crippen LogP contribution < -0.4 is 15.2 Å². The van der Waals surface area contributed by atoms with Crippen molar-refractivity contribution in [2.45, 2.75) is 24.8 Å². The lowest BCUT2D eigenvalue weighted by molar-refractivity contribution is -0.123. The third-order valence-electron chi connectivity index (χ3n) is 2.02. The van der Waals surface area contributed by atoms with Crippen LogP contribution in [0, 0.1) is 0 Å². The molecule has 0 heterocycles. The minimum absolute atomic E-state index is 0.00851. The van der Waals surface area contributed by atoms with Gasteiger partial charge in [-0.25, -0.2) is 13.6 Å². The van der Waals surface area contributed by atoms with Crippen molar-refractivity contribution in [3.63, 3.8) is 0 Å². The van der Waals surface area contributed by atoms with Crippen LogP contribution in [0.25, 0.3) is 0 Å². The van der Waals surface area contributed by atoms with Crippen LogP contribution in [0.5, 0.6) is 5.75 Å². The number of nitrogens with one attached hydrogen (secondary N) is 1. The molecule has 1 amide bonds. The van der Waals surface area contributed by atoms with Gasteiger partial charge in [-0.1, -0.05) is 11.6 Å². The fourth-order valence-electron chi connectivity index (χ4n) is 1.33. The average molecular weight is 307 g/mol. The van der Waals surface area contributed by atoms with Gasteiger partial charge in [0.2, 0.25) is 10.0 Å². The monoisotopic (exact) mass is 306 g/mol. The number of rotatable bonds is 5. The first-order valence-corrected chi connectivity index (χ1v) is 7.37. The Bertz CT molecular complexity index is 572.